The van der Waals surface area contributed by atoms with Crippen molar-refractivity contribution in [3.05, 3.63) is 63.2 Å². The lowest BCUT2D eigenvalue weighted by molar-refractivity contribution is 0.287. The zero-order chi connectivity index (χ0) is 20.4. The molecule has 4 rings (SSSR count). The number of para-hydroxylation sites is 1. The first-order valence-corrected chi connectivity index (χ1v) is 10.1. The van der Waals surface area contributed by atoms with E-state index in [0.717, 1.165) is 16.7 Å². The molecule has 0 bridgehead atoms. The summed E-state index contributed by atoms with van der Waals surface area (Å²) in [5.74, 6) is 1.42. The number of rotatable bonds is 7. The van der Waals surface area contributed by atoms with Gasteiger partial charge in [-0.3, -0.25) is 9.36 Å². The minimum atomic E-state index is -0.226. The highest BCUT2D eigenvalue weighted by atomic mass is 32.1. The van der Waals surface area contributed by atoms with Crippen molar-refractivity contribution < 1.29 is 13.9 Å². The third kappa shape index (κ3) is 3.65. The van der Waals surface area contributed by atoms with Crippen LogP contribution in [0.2, 0.25) is 0 Å². The highest BCUT2D eigenvalue weighted by Gasteiger charge is 2.14. The summed E-state index contributed by atoms with van der Waals surface area (Å²) in [6.45, 7) is 5.43. The van der Waals surface area contributed by atoms with E-state index < -0.39 is 0 Å². The maximum atomic E-state index is 13.0. The molecular weight excluding hydrogens is 388 g/mol. The molecule has 150 valence electrons. The molecule has 0 radical (unpaired) electrons. The number of nitrogens with one attached hydrogen (secondary N) is 1. The molecule has 2 aromatic carbocycles. The third-order valence-electron chi connectivity index (χ3n) is 4.74. The zero-order valence-corrected chi connectivity index (χ0v) is 17.2. The second-order valence-corrected chi connectivity index (χ2v) is 6.97. The second kappa shape index (κ2) is 8.13. The quantitative estimate of drug-likeness (QED) is 0.441. The van der Waals surface area contributed by atoms with Crippen LogP contribution in [-0.2, 0) is 13.0 Å². The van der Waals surface area contributed by atoms with Gasteiger partial charge in [-0.05, 0) is 62.3 Å². The number of H-pyrrole nitrogens is 1. The molecule has 0 unspecified atom stereocenters. The Balaban J connectivity index is 1.66. The zero-order valence-electron chi connectivity index (χ0n) is 16.4. The van der Waals surface area contributed by atoms with E-state index in [1.807, 2.05) is 56.3 Å². The Hall–Kier alpha value is -3.06. The van der Waals surface area contributed by atoms with Crippen molar-refractivity contribution in [1.29, 1.82) is 0 Å². The molecule has 4 aromatic rings. The van der Waals surface area contributed by atoms with Gasteiger partial charge in [-0.1, -0.05) is 18.2 Å². The van der Waals surface area contributed by atoms with Crippen molar-refractivity contribution in [2.45, 2.75) is 26.8 Å². The first-order chi connectivity index (χ1) is 14.1. The van der Waals surface area contributed by atoms with Crippen molar-refractivity contribution in [3.8, 4) is 11.5 Å². The van der Waals surface area contributed by atoms with Gasteiger partial charge in [0.25, 0.3) is 5.56 Å². The van der Waals surface area contributed by atoms with E-state index in [1.54, 1.807) is 0 Å². The molecule has 1 N–H and O–H groups in total. The molecule has 0 aliphatic rings. The van der Waals surface area contributed by atoms with Gasteiger partial charge in [0.15, 0.2) is 16.3 Å². The van der Waals surface area contributed by atoms with Crippen LogP contribution in [0.1, 0.15) is 19.4 Å². The number of aromatic nitrogens is 2. The molecule has 0 saturated heterocycles. The SMILES string of the molecule is CCOc1ccc(CCn2c(=S)[nH]c3c(oc4ccccc43)c2=O)cc1OCC. The Morgan fingerprint density at radius 1 is 1.07 bits per heavy atom. The number of furan rings is 1. The van der Waals surface area contributed by atoms with Crippen LogP contribution in [0, 0.1) is 4.77 Å². The predicted molar refractivity (Wildman–Crippen MR) is 116 cm³/mol. The first-order valence-electron chi connectivity index (χ1n) is 9.65. The lowest BCUT2D eigenvalue weighted by Crippen LogP contribution is -2.22. The van der Waals surface area contributed by atoms with E-state index in [4.69, 9.17) is 26.1 Å². The number of aromatic amines is 1. The smallest absolute Gasteiger partial charge is 0.297 e. The highest BCUT2D eigenvalue weighted by Crippen LogP contribution is 2.29. The number of hydrogen-bond donors (Lipinski definition) is 1. The fraction of sp³-hybridized carbons (Fsp3) is 0.273. The maximum Gasteiger partial charge on any atom is 0.297 e. The van der Waals surface area contributed by atoms with Gasteiger partial charge in [0.05, 0.1) is 13.2 Å². The fourth-order valence-corrected chi connectivity index (χ4v) is 3.68. The van der Waals surface area contributed by atoms with Crippen LogP contribution < -0.4 is 15.0 Å². The van der Waals surface area contributed by atoms with Crippen LogP contribution in [0.5, 0.6) is 11.5 Å². The molecule has 0 fully saturated rings. The molecule has 0 spiro atoms. The molecule has 0 amide bonds. The summed E-state index contributed by atoms with van der Waals surface area (Å²) < 4.78 is 19.0. The number of ether oxygens (including phenoxy) is 2. The maximum absolute atomic E-state index is 13.0. The molecule has 7 heteroatoms. The van der Waals surface area contributed by atoms with Crippen LogP contribution in [-0.4, -0.2) is 22.8 Å². The first kappa shape index (κ1) is 19.3. The topological polar surface area (TPSA) is 69.4 Å². The summed E-state index contributed by atoms with van der Waals surface area (Å²) in [7, 11) is 0. The Labute approximate surface area is 172 Å². The minimum absolute atomic E-state index is 0.226. The lowest BCUT2D eigenvalue weighted by atomic mass is 10.1. The van der Waals surface area contributed by atoms with E-state index in [1.165, 1.54) is 4.57 Å². The second-order valence-electron chi connectivity index (χ2n) is 6.59. The predicted octanol–water partition coefficient (Wildman–Crippen LogP) is 4.85. The summed E-state index contributed by atoms with van der Waals surface area (Å²) >= 11 is 5.45. The molecular formula is C22H22N2O4S. The Kier molecular flexibility index (Phi) is 5.40. The molecule has 29 heavy (non-hydrogen) atoms. The summed E-state index contributed by atoms with van der Waals surface area (Å²) in [5.41, 5.74) is 2.41. The van der Waals surface area contributed by atoms with E-state index in [0.29, 0.717) is 53.4 Å². The van der Waals surface area contributed by atoms with Gasteiger partial charge in [-0.15, -0.1) is 0 Å². The van der Waals surface area contributed by atoms with E-state index in [9.17, 15) is 4.79 Å². The van der Waals surface area contributed by atoms with Gasteiger partial charge in [-0.2, -0.15) is 0 Å². The normalized spacial score (nSPS) is 11.2. The monoisotopic (exact) mass is 410 g/mol. The average molecular weight is 410 g/mol. The summed E-state index contributed by atoms with van der Waals surface area (Å²) in [6, 6.07) is 13.4. The van der Waals surface area contributed by atoms with Crippen LogP contribution in [0.4, 0.5) is 0 Å². The molecule has 2 aromatic heterocycles. The molecule has 0 saturated carbocycles. The molecule has 2 heterocycles. The lowest BCUT2D eigenvalue weighted by Gasteiger charge is -2.13. The van der Waals surface area contributed by atoms with Gasteiger partial charge >= 0.3 is 0 Å². The van der Waals surface area contributed by atoms with Crippen molar-refractivity contribution in [2.24, 2.45) is 0 Å². The summed E-state index contributed by atoms with van der Waals surface area (Å²) in [4.78, 5) is 16.1. The van der Waals surface area contributed by atoms with Crippen LogP contribution >= 0.6 is 12.2 Å². The van der Waals surface area contributed by atoms with Crippen LogP contribution in [0.25, 0.3) is 22.1 Å². The third-order valence-corrected chi connectivity index (χ3v) is 5.07. The van der Waals surface area contributed by atoms with E-state index in [2.05, 4.69) is 4.98 Å². The van der Waals surface area contributed by atoms with Crippen molar-refractivity contribution in [3.63, 3.8) is 0 Å². The Bertz CT molecular complexity index is 1290. The number of aryl methyl sites for hydroxylation is 1. The van der Waals surface area contributed by atoms with Crippen molar-refractivity contribution in [2.75, 3.05) is 13.2 Å². The molecule has 6 nitrogen and oxygen atoms in total. The van der Waals surface area contributed by atoms with Gasteiger partial charge < -0.3 is 18.9 Å². The highest BCUT2D eigenvalue weighted by molar-refractivity contribution is 7.71. The number of fused-ring (bicyclic) bond motifs is 3. The molecule has 0 aliphatic heterocycles. The van der Waals surface area contributed by atoms with Crippen LogP contribution in [0.15, 0.2) is 51.7 Å². The minimum Gasteiger partial charge on any atom is -0.490 e. The standard InChI is InChI=1S/C22H22N2O4S/c1-3-26-17-10-9-14(13-18(17)27-4-2)11-12-24-21(25)20-19(23-22(24)29)15-7-5-6-8-16(15)28-20/h5-10,13H,3-4,11-12H2,1-2H3,(H,23,29). The number of nitrogens with zero attached hydrogens (tertiary/aromatic N) is 1. The number of benzene rings is 2. The van der Waals surface area contributed by atoms with E-state index >= 15 is 0 Å². The van der Waals surface area contributed by atoms with Gasteiger partial charge in [-0.25, -0.2) is 0 Å². The van der Waals surface area contributed by atoms with Crippen LogP contribution in [0.3, 0.4) is 0 Å². The fourth-order valence-electron chi connectivity index (χ4n) is 3.40. The van der Waals surface area contributed by atoms with E-state index in [-0.39, 0.29) is 5.56 Å². The molecule has 0 atom stereocenters. The Morgan fingerprint density at radius 3 is 2.62 bits per heavy atom. The largest absolute Gasteiger partial charge is 0.490 e. The van der Waals surface area contributed by atoms with Gasteiger partial charge in [0, 0.05) is 11.9 Å². The van der Waals surface area contributed by atoms with Crippen molar-refractivity contribution >= 4 is 34.3 Å². The Morgan fingerprint density at radius 2 is 1.83 bits per heavy atom. The van der Waals surface area contributed by atoms with Gasteiger partial charge in [0.2, 0.25) is 5.58 Å². The number of hydrogen-bond acceptors (Lipinski definition) is 5. The average Bonchev–Trinajstić information content (AvgIpc) is 3.09. The molecule has 0 aliphatic carbocycles. The van der Waals surface area contributed by atoms with Gasteiger partial charge in [0.1, 0.15) is 11.1 Å². The van der Waals surface area contributed by atoms with Crippen molar-refractivity contribution in [1.82, 2.24) is 9.55 Å². The summed E-state index contributed by atoms with van der Waals surface area (Å²) in [5, 5.41) is 0.853. The summed E-state index contributed by atoms with van der Waals surface area (Å²) in [6.07, 6.45) is 0.621.